The normalized spacial score (nSPS) is 11.3. The van der Waals surface area contributed by atoms with Crippen molar-refractivity contribution in [2.45, 2.75) is 11.5 Å². The van der Waals surface area contributed by atoms with Crippen LogP contribution in [-0.2, 0) is 16.6 Å². The summed E-state index contributed by atoms with van der Waals surface area (Å²) in [6, 6.07) is 12.0. The van der Waals surface area contributed by atoms with Crippen LogP contribution in [0.2, 0.25) is 0 Å². The van der Waals surface area contributed by atoms with Crippen molar-refractivity contribution >= 4 is 31.6 Å². The summed E-state index contributed by atoms with van der Waals surface area (Å²) in [7, 11) is -3.86. The van der Waals surface area contributed by atoms with Gasteiger partial charge in [0.25, 0.3) is 0 Å². The predicted molar refractivity (Wildman–Crippen MR) is 80.7 cm³/mol. The van der Waals surface area contributed by atoms with Crippen molar-refractivity contribution in [3.8, 4) is 5.75 Å². The molecule has 0 aromatic heterocycles. The number of ether oxygens (including phenoxy) is 1. The van der Waals surface area contributed by atoms with Crippen molar-refractivity contribution < 1.29 is 13.2 Å². The Morgan fingerprint density at radius 1 is 1.10 bits per heavy atom. The minimum atomic E-state index is -3.86. The van der Waals surface area contributed by atoms with Crippen molar-refractivity contribution in [1.29, 1.82) is 0 Å². The van der Waals surface area contributed by atoms with Crippen molar-refractivity contribution in [3.63, 3.8) is 0 Å². The van der Waals surface area contributed by atoms with E-state index in [2.05, 4.69) is 15.9 Å². The van der Waals surface area contributed by atoms with Crippen LogP contribution in [0.25, 0.3) is 0 Å². The smallest absolute Gasteiger partial charge is 0.240 e. The molecule has 0 atom stereocenters. The fourth-order valence-electron chi connectivity index (χ4n) is 1.67. The number of nitrogens with two attached hydrogens (primary N) is 2. The Morgan fingerprint density at radius 2 is 1.80 bits per heavy atom. The zero-order chi connectivity index (χ0) is 14.8. The molecule has 0 bridgehead atoms. The molecule has 0 radical (unpaired) electrons. The summed E-state index contributed by atoms with van der Waals surface area (Å²) in [4.78, 5) is -0.137. The summed E-state index contributed by atoms with van der Waals surface area (Å²) in [6.07, 6.45) is 0. The van der Waals surface area contributed by atoms with E-state index in [4.69, 9.17) is 15.6 Å². The molecular formula is C13H13BrN2O3S. The number of rotatable bonds is 4. The highest BCUT2D eigenvalue weighted by Gasteiger charge is 2.15. The van der Waals surface area contributed by atoms with Gasteiger partial charge in [0, 0.05) is 10.0 Å². The number of para-hydroxylation sites is 1. The summed E-state index contributed by atoms with van der Waals surface area (Å²) in [5, 5.41) is 5.09. The molecule has 20 heavy (non-hydrogen) atoms. The Balaban J connectivity index is 2.25. The zero-order valence-electron chi connectivity index (χ0n) is 10.4. The average Bonchev–Trinajstić information content (AvgIpc) is 2.38. The lowest BCUT2D eigenvalue weighted by atomic mass is 10.2. The number of hydrogen-bond acceptors (Lipinski definition) is 4. The minimum Gasteiger partial charge on any atom is -0.487 e. The number of anilines is 1. The van der Waals surface area contributed by atoms with Crippen LogP contribution in [0.3, 0.4) is 0 Å². The first-order valence-electron chi connectivity index (χ1n) is 5.67. The maximum atomic E-state index is 11.4. The van der Waals surface area contributed by atoms with Gasteiger partial charge in [0.15, 0.2) is 0 Å². The molecule has 0 fully saturated rings. The van der Waals surface area contributed by atoms with Gasteiger partial charge in [-0.3, -0.25) is 0 Å². The Hall–Kier alpha value is -1.57. The van der Waals surface area contributed by atoms with Gasteiger partial charge in [-0.25, -0.2) is 13.6 Å². The molecule has 0 aliphatic carbocycles. The molecule has 0 spiro atoms. The van der Waals surface area contributed by atoms with Crippen LogP contribution in [0.1, 0.15) is 5.56 Å². The van der Waals surface area contributed by atoms with Crippen molar-refractivity contribution in [1.82, 2.24) is 0 Å². The van der Waals surface area contributed by atoms with Crippen LogP contribution < -0.4 is 15.6 Å². The molecule has 0 saturated heterocycles. The molecule has 0 aliphatic heterocycles. The second-order valence-electron chi connectivity index (χ2n) is 4.09. The van der Waals surface area contributed by atoms with E-state index in [0.29, 0.717) is 0 Å². The Bertz CT molecular complexity index is 732. The summed E-state index contributed by atoms with van der Waals surface area (Å²) in [5.74, 6) is 0.285. The molecule has 4 N–H and O–H groups in total. The number of nitrogen functional groups attached to an aromatic ring is 1. The minimum absolute atomic E-state index is 0.0158. The Kier molecular flexibility index (Phi) is 4.32. The van der Waals surface area contributed by atoms with E-state index in [0.717, 1.165) is 10.0 Å². The van der Waals surface area contributed by atoms with Gasteiger partial charge in [-0.1, -0.05) is 40.2 Å². The zero-order valence-corrected chi connectivity index (χ0v) is 12.8. The third-order valence-corrected chi connectivity index (χ3v) is 4.42. The molecule has 0 saturated carbocycles. The van der Waals surface area contributed by atoms with Crippen LogP contribution >= 0.6 is 15.9 Å². The van der Waals surface area contributed by atoms with Gasteiger partial charge in [-0.05, 0) is 18.2 Å². The van der Waals surface area contributed by atoms with Gasteiger partial charge in [-0.2, -0.15) is 0 Å². The van der Waals surface area contributed by atoms with E-state index < -0.39 is 10.0 Å². The lowest BCUT2D eigenvalue weighted by molar-refractivity contribution is 0.306. The fraction of sp³-hybridized carbons (Fsp3) is 0.0769. The first kappa shape index (κ1) is 14.8. The van der Waals surface area contributed by atoms with E-state index >= 15 is 0 Å². The molecule has 0 amide bonds. The standard InChI is InChI=1S/C13H13BrN2O3S/c14-10-5-2-1-4-9(10)8-19-11-6-3-7-12(13(11)15)20(16,17)18/h1-7H,8,15H2,(H2,16,17,18). The Morgan fingerprint density at radius 3 is 2.45 bits per heavy atom. The van der Waals surface area contributed by atoms with Crippen LogP contribution in [0.15, 0.2) is 51.8 Å². The lowest BCUT2D eigenvalue weighted by Gasteiger charge is -2.12. The Labute approximate surface area is 125 Å². The molecule has 2 aromatic carbocycles. The maximum Gasteiger partial charge on any atom is 0.240 e. The molecular weight excluding hydrogens is 344 g/mol. The van der Waals surface area contributed by atoms with E-state index in [1.165, 1.54) is 12.1 Å². The van der Waals surface area contributed by atoms with Crippen LogP contribution in [0.5, 0.6) is 5.75 Å². The van der Waals surface area contributed by atoms with Gasteiger partial charge in [0.2, 0.25) is 10.0 Å². The van der Waals surface area contributed by atoms with Crippen LogP contribution in [-0.4, -0.2) is 8.42 Å². The van der Waals surface area contributed by atoms with E-state index in [1.807, 2.05) is 24.3 Å². The predicted octanol–water partition coefficient (Wildman–Crippen LogP) is 2.26. The van der Waals surface area contributed by atoms with Crippen molar-refractivity contribution in [3.05, 3.63) is 52.5 Å². The third-order valence-electron chi connectivity index (χ3n) is 2.67. The summed E-state index contributed by atoms with van der Waals surface area (Å²) < 4.78 is 29.2. The molecule has 106 valence electrons. The first-order valence-corrected chi connectivity index (χ1v) is 8.01. The highest BCUT2D eigenvalue weighted by molar-refractivity contribution is 9.10. The summed E-state index contributed by atoms with van der Waals surface area (Å²) >= 11 is 3.41. The SMILES string of the molecule is Nc1c(OCc2ccccc2Br)cccc1S(N)(=O)=O. The molecule has 2 rings (SSSR count). The molecule has 0 aliphatic rings. The highest BCUT2D eigenvalue weighted by atomic mass is 79.9. The van der Waals surface area contributed by atoms with Gasteiger partial charge in [0.1, 0.15) is 17.3 Å². The lowest BCUT2D eigenvalue weighted by Crippen LogP contribution is -2.15. The quantitative estimate of drug-likeness (QED) is 0.821. The average molecular weight is 357 g/mol. The van der Waals surface area contributed by atoms with Gasteiger partial charge in [0.05, 0.1) is 5.69 Å². The number of sulfonamides is 1. The van der Waals surface area contributed by atoms with E-state index in [9.17, 15) is 8.42 Å². The second-order valence-corrected chi connectivity index (χ2v) is 6.48. The van der Waals surface area contributed by atoms with Crippen LogP contribution in [0.4, 0.5) is 5.69 Å². The third kappa shape index (κ3) is 3.30. The number of primary sulfonamides is 1. The largest absolute Gasteiger partial charge is 0.487 e. The van der Waals surface area contributed by atoms with Crippen molar-refractivity contribution in [2.24, 2.45) is 5.14 Å². The van der Waals surface area contributed by atoms with Crippen LogP contribution in [0, 0.1) is 0 Å². The number of hydrogen-bond donors (Lipinski definition) is 2. The molecule has 5 nitrogen and oxygen atoms in total. The monoisotopic (exact) mass is 356 g/mol. The van der Waals surface area contributed by atoms with Gasteiger partial charge in [-0.15, -0.1) is 0 Å². The van der Waals surface area contributed by atoms with Gasteiger partial charge >= 0.3 is 0 Å². The topological polar surface area (TPSA) is 95.4 Å². The molecule has 0 unspecified atom stereocenters. The summed E-state index contributed by atoms with van der Waals surface area (Å²) in [6.45, 7) is 0.264. The number of benzene rings is 2. The molecule has 0 heterocycles. The first-order chi connectivity index (χ1) is 9.39. The second kappa shape index (κ2) is 5.82. The van der Waals surface area contributed by atoms with E-state index in [1.54, 1.807) is 6.07 Å². The van der Waals surface area contributed by atoms with E-state index in [-0.39, 0.29) is 22.9 Å². The number of halogens is 1. The highest BCUT2D eigenvalue weighted by Crippen LogP contribution is 2.29. The maximum absolute atomic E-state index is 11.4. The summed E-state index contributed by atoms with van der Waals surface area (Å²) in [5.41, 5.74) is 6.72. The molecule has 2 aromatic rings. The molecule has 7 heteroatoms. The van der Waals surface area contributed by atoms with Crippen molar-refractivity contribution in [2.75, 3.05) is 5.73 Å². The fourth-order valence-corrected chi connectivity index (χ4v) is 2.74. The van der Waals surface area contributed by atoms with Gasteiger partial charge < -0.3 is 10.5 Å².